The molecule has 1 aliphatic rings. The zero-order chi connectivity index (χ0) is 27.8. The van der Waals surface area contributed by atoms with Crippen molar-refractivity contribution in [2.24, 2.45) is 12.8 Å². The van der Waals surface area contributed by atoms with Crippen LogP contribution in [-0.4, -0.2) is 63.7 Å². The first-order chi connectivity index (χ1) is 18.9. The number of rotatable bonds is 11. The Morgan fingerprint density at radius 1 is 1.31 bits per heavy atom. The van der Waals surface area contributed by atoms with Crippen LogP contribution in [0.3, 0.4) is 0 Å². The van der Waals surface area contributed by atoms with Crippen LogP contribution in [0.1, 0.15) is 47.2 Å². The molecule has 0 bridgehead atoms. The van der Waals surface area contributed by atoms with E-state index < -0.39 is 5.91 Å². The summed E-state index contributed by atoms with van der Waals surface area (Å²) in [5.41, 5.74) is 7.86. The molecule has 1 aromatic carbocycles. The lowest BCUT2D eigenvalue weighted by atomic mass is 10.1. The van der Waals surface area contributed by atoms with E-state index in [-0.39, 0.29) is 28.9 Å². The molecule has 1 saturated heterocycles. The molecule has 3 aromatic rings. The lowest BCUT2D eigenvalue weighted by molar-refractivity contribution is -0.132. The van der Waals surface area contributed by atoms with E-state index in [1.807, 2.05) is 11.0 Å². The second-order valence-corrected chi connectivity index (χ2v) is 9.59. The number of pyridine rings is 1. The SMILES string of the molecule is Cn1cc(-c2nc(NCCc3cccc(F)c3)c(C(=O)NC[C@H]3CCCN3C(=O)CCCN)cc2C#N)cn1. The Labute approximate surface area is 227 Å². The Morgan fingerprint density at radius 3 is 2.87 bits per heavy atom. The molecule has 0 unspecified atom stereocenters. The number of carbonyl (C=O) groups excluding carboxylic acids is 2. The van der Waals surface area contributed by atoms with Gasteiger partial charge in [0.2, 0.25) is 5.91 Å². The molecule has 3 heterocycles. The van der Waals surface area contributed by atoms with Crippen LogP contribution in [0.4, 0.5) is 10.2 Å². The lowest BCUT2D eigenvalue weighted by Crippen LogP contribution is -2.43. The Bertz CT molecular complexity index is 1370. The highest BCUT2D eigenvalue weighted by molar-refractivity contribution is 6.00. The second-order valence-electron chi connectivity index (χ2n) is 9.59. The number of hydrogen-bond acceptors (Lipinski definition) is 7. The molecule has 4 N–H and O–H groups in total. The van der Waals surface area contributed by atoms with Gasteiger partial charge >= 0.3 is 0 Å². The molecule has 1 atom stereocenters. The number of benzene rings is 1. The molecular formula is C28H33FN8O2. The molecule has 0 spiro atoms. The van der Waals surface area contributed by atoms with Crippen LogP contribution in [-0.2, 0) is 18.3 Å². The van der Waals surface area contributed by atoms with E-state index in [2.05, 4.69) is 26.8 Å². The van der Waals surface area contributed by atoms with Gasteiger partial charge in [0.25, 0.3) is 5.91 Å². The van der Waals surface area contributed by atoms with Gasteiger partial charge in [-0.3, -0.25) is 14.3 Å². The molecular weight excluding hydrogens is 499 g/mol. The van der Waals surface area contributed by atoms with Crippen molar-refractivity contribution in [3.05, 3.63) is 65.2 Å². The third-order valence-electron chi connectivity index (χ3n) is 6.75. The van der Waals surface area contributed by atoms with Gasteiger partial charge in [-0.25, -0.2) is 9.37 Å². The van der Waals surface area contributed by atoms with Crippen LogP contribution in [0.5, 0.6) is 0 Å². The Hall–Kier alpha value is -4.30. The van der Waals surface area contributed by atoms with E-state index >= 15 is 0 Å². The number of likely N-dealkylation sites (tertiary alicyclic amines) is 1. The van der Waals surface area contributed by atoms with Crippen LogP contribution >= 0.6 is 0 Å². The van der Waals surface area contributed by atoms with E-state index in [0.717, 1.165) is 18.4 Å². The van der Waals surface area contributed by atoms with Gasteiger partial charge in [0.1, 0.15) is 17.7 Å². The van der Waals surface area contributed by atoms with Crippen molar-refractivity contribution in [2.75, 3.05) is 31.5 Å². The lowest BCUT2D eigenvalue weighted by Gasteiger charge is -2.25. The van der Waals surface area contributed by atoms with Gasteiger partial charge < -0.3 is 21.3 Å². The normalized spacial score (nSPS) is 14.7. The van der Waals surface area contributed by atoms with Crippen LogP contribution < -0.4 is 16.4 Å². The summed E-state index contributed by atoms with van der Waals surface area (Å²) in [6, 6.07) is 9.89. The predicted octanol–water partition coefficient (Wildman–Crippen LogP) is 2.61. The molecule has 1 aliphatic heterocycles. The number of amides is 2. The van der Waals surface area contributed by atoms with Crippen molar-refractivity contribution in [3.8, 4) is 17.3 Å². The molecule has 4 rings (SSSR count). The summed E-state index contributed by atoms with van der Waals surface area (Å²) in [6.45, 7) is 1.80. The van der Waals surface area contributed by atoms with E-state index in [9.17, 15) is 19.2 Å². The van der Waals surface area contributed by atoms with E-state index in [0.29, 0.717) is 62.5 Å². The number of anilines is 1. The summed E-state index contributed by atoms with van der Waals surface area (Å²) >= 11 is 0. The third-order valence-corrected chi connectivity index (χ3v) is 6.75. The molecule has 2 amide bonds. The van der Waals surface area contributed by atoms with Crippen molar-refractivity contribution in [1.82, 2.24) is 25.0 Å². The minimum absolute atomic E-state index is 0.0474. The molecule has 10 nitrogen and oxygen atoms in total. The Kier molecular flexibility index (Phi) is 9.22. The fourth-order valence-electron chi connectivity index (χ4n) is 4.77. The topological polar surface area (TPSA) is 142 Å². The Balaban J connectivity index is 1.54. The molecule has 0 saturated carbocycles. The minimum Gasteiger partial charge on any atom is -0.369 e. The maximum Gasteiger partial charge on any atom is 0.255 e. The number of aryl methyl sites for hydroxylation is 1. The van der Waals surface area contributed by atoms with Gasteiger partial charge in [-0.05, 0) is 56.0 Å². The first-order valence-electron chi connectivity index (χ1n) is 13.1. The Morgan fingerprint density at radius 2 is 2.15 bits per heavy atom. The van der Waals surface area contributed by atoms with Crippen molar-refractivity contribution < 1.29 is 14.0 Å². The standard InChI is InChI=1S/C28H33FN8O2/c1-36-18-21(16-34-36)26-20(15-31)14-24(27(35-26)32-11-9-19-5-2-6-22(29)13-19)28(39)33-17-23-7-4-12-37(23)25(38)8-3-10-30/h2,5-6,13-14,16,18,23H,3-4,7-12,17,30H2,1H3,(H,32,35)(H,33,39)/t23-/m1/s1. The van der Waals surface area contributed by atoms with Gasteiger partial charge in [-0.1, -0.05) is 12.1 Å². The summed E-state index contributed by atoms with van der Waals surface area (Å²) in [6.07, 6.45) is 6.56. The maximum absolute atomic E-state index is 13.6. The fourth-order valence-corrected chi connectivity index (χ4v) is 4.77. The molecule has 0 aliphatic carbocycles. The fraction of sp³-hybridized carbons (Fsp3) is 0.393. The largest absolute Gasteiger partial charge is 0.369 e. The number of nitriles is 1. The number of nitrogens with zero attached hydrogens (tertiary/aromatic N) is 5. The quantitative estimate of drug-likeness (QED) is 0.345. The molecule has 39 heavy (non-hydrogen) atoms. The number of aromatic nitrogens is 3. The van der Waals surface area contributed by atoms with Crippen LogP contribution in [0.25, 0.3) is 11.3 Å². The number of nitrogens with one attached hydrogen (secondary N) is 2. The number of hydrogen-bond donors (Lipinski definition) is 3. The van der Waals surface area contributed by atoms with Crippen LogP contribution in [0.15, 0.2) is 42.7 Å². The molecule has 1 fully saturated rings. The van der Waals surface area contributed by atoms with E-state index in [4.69, 9.17) is 5.73 Å². The summed E-state index contributed by atoms with van der Waals surface area (Å²) in [7, 11) is 1.77. The monoisotopic (exact) mass is 532 g/mol. The minimum atomic E-state index is -0.397. The first kappa shape index (κ1) is 27.7. The summed E-state index contributed by atoms with van der Waals surface area (Å²) in [5, 5.41) is 20.2. The average Bonchev–Trinajstić information content (AvgIpc) is 3.59. The van der Waals surface area contributed by atoms with Crippen molar-refractivity contribution >= 4 is 17.6 Å². The first-order valence-corrected chi connectivity index (χ1v) is 13.1. The maximum atomic E-state index is 13.6. The zero-order valence-corrected chi connectivity index (χ0v) is 22.0. The van der Waals surface area contributed by atoms with Gasteiger partial charge in [-0.2, -0.15) is 10.4 Å². The summed E-state index contributed by atoms with van der Waals surface area (Å²) in [4.78, 5) is 32.4. The van der Waals surface area contributed by atoms with Crippen molar-refractivity contribution in [2.45, 2.75) is 38.1 Å². The van der Waals surface area contributed by atoms with Crippen molar-refractivity contribution in [1.29, 1.82) is 5.26 Å². The summed E-state index contributed by atoms with van der Waals surface area (Å²) < 4.78 is 15.2. The highest BCUT2D eigenvalue weighted by Gasteiger charge is 2.29. The number of halogens is 1. The highest BCUT2D eigenvalue weighted by Crippen LogP contribution is 2.26. The molecule has 2 aromatic heterocycles. The van der Waals surface area contributed by atoms with Crippen molar-refractivity contribution in [3.63, 3.8) is 0 Å². The molecule has 204 valence electrons. The van der Waals surface area contributed by atoms with Gasteiger partial charge in [0.05, 0.1) is 23.0 Å². The zero-order valence-electron chi connectivity index (χ0n) is 22.0. The van der Waals surface area contributed by atoms with Crippen LogP contribution in [0, 0.1) is 17.1 Å². The highest BCUT2D eigenvalue weighted by atomic mass is 19.1. The third kappa shape index (κ3) is 6.97. The average molecular weight is 533 g/mol. The van der Waals surface area contributed by atoms with E-state index in [1.165, 1.54) is 18.2 Å². The van der Waals surface area contributed by atoms with Crippen LogP contribution in [0.2, 0.25) is 0 Å². The molecule has 0 radical (unpaired) electrons. The molecule has 11 heteroatoms. The number of carbonyl (C=O) groups is 2. The predicted molar refractivity (Wildman–Crippen MR) is 145 cm³/mol. The summed E-state index contributed by atoms with van der Waals surface area (Å²) in [5.74, 6) is -0.355. The second kappa shape index (κ2) is 13.0. The smallest absolute Gasteiger partial charge is 0.255 e. The number of nitrogens with two attached hydrogens (primary N) is 1. The van der Waals surface area contributed by atoms with Gasteiger partial charge in [-0.15, -0.1) is 0 Å². The van der Waals surface area contributed by atoms with Gasteiger partial charge in [0.15, 0.2) is 0 Å². The van der Waals surface area contributed by atoms with E-state index in [1.54, 1.807) is 30.2 Å². The van der Waals surface area contributed by atoms with Gasteiger partial charge in [0, 0.05) is 50.9 Å².